The minimum absolute atomic E-state index is 0.00887. The Labute approximate surface area is 118 Å². The number of rotatable bonds is 1. The molecule has 0 fully saturated rings. The Morgan fingerprint density at radius 2 is 1.72 bits per heavy atom. The van der Waals surface area contributed by atoms with Gasteiger partial charge in [0.05, 0.1) is 5.02 Å². The Bertz CT molecular complexity index is 553. The molecule has 0 aliphatic rings. The maximum Gasteiger partial charge on any atom is 0.136 e. The van der Waals surface area contributed by atoms with Crippen molar-refractivity contribution in [3.63, 3.8) is 0 Å². The molecule has 18 heavy (non-hydrogen) atoms. The summed E-state index contributed by atoms with van der Waals surface area (Å²) in [5.74, 6) is 1.74. The van der Waals surface area contributed by atoms with Crippen molar-refractivity contribution in [2.75, 3.05) is 0 Å². The predicted octanol–water partition coefficient (Wildman–Crippen LogP) is 5.86. The van der Waals surface area contributed by atoms with E-state index in [0.29, 0.717) is 10.0 Å². The van der Waals surface area contributed by atoms with Crippen molar-refractivity contribution in [3.05, 3.63) is 45.6 Å². The Kier molecular flexibility index (Phi) is 3.48. The first-order chi connectivity index (χ1) is 8.29. The van der Waals surface area contributed by atoms with Crippen molar-refractivity contribution < 1.29 is 4.42 Å². The van der Waals surface area contributed by atoms with Crippen LogP contribution in [0.4, 0.5) is 0 Å². The molecule has 0 saturated heterocycles. The van der Waals surface area contributed by atoms with Gasteiger partial charge in [0.15, 0.2) is 0 Å². The zero-order chi connectivity index (χ0) is 13.5. The maximum absolute atomic E-state index is 6.25. The Morgan fingerprint density at radius 3 is 2.22 bits per heavy atom. The van der Waals surface area contributed by atoms with Crippen LogP contribution in [0.3, 0.4) is 0 Å². The molecule has 0 bridgehead atoms. The molecule has 0 spiro atoms. The number of furan rings is 1. The molecule has 2 aromatic rings. The average molecular weight is 283 g/mol. The second-order valence-corrected chi connectivity index (χ2v) is 6.34. The van der Waals surface area contributed by atoms with Gasteiger partial charge in [-0.25, -0.2) is 0 Å². The highest BCUT2D eigenvalue weighted by Crippen LogP contribution is 2.36. The first kappa shape index (κ1) is 13.5. The van der Waals surface area contributed by atoms with Crippen LogP contribution in [0.15, 0.2) is 28.7 Å². The van der Waals surface area contributed by atoms with E-state index in [1.54, 1.807) is 6.07 Å². The number of hydrogen-bond donors (Lipinski definition) is 0. The highest BCUT2D eigenvalue weighted by molar-refractivity contribution is 6.36. The van der Waals surface area contributed by atoms with E-state index in [1.165, 1.54) is 0 Å². The summed E-state index contributed by atoms with van der Waals surface area (Å²) in [5, 5.41) is 1.26. The molecule has 0 amide bonds. The van der Waals surface area contributed by atoms with Gasteiger partial charge in [0.2, 0.25) is 0 Å². The van der Waals surface area contributed by atoms with Crippen molar-refractivity contribution in [3.8, 4) is 11.3 Å². The second kappa shape index (κ2) is 4.64. The molecular formula is C15H16Cl2O. The lowest BCUT2D eigenvalue weighted by molar-refractivity contribution is 0.417. The number of hydrogen-bond acceptors (Lipinski definition) is 1. The standard InChI is InChI=1S/C15H16Cl2O/c1-9-7-10(16)8-11(17)14(9)12-5-6-13(18-12)15(2,3)4/h5-8H,1-4H3. The molecule has 1 aromatic carbocycles. The van der Waals surface area contributed by atoms with E-state index in [0.717, 1.165) is 22.6 Å². The average Bonchev–Trinajstić information content (AvgIpc) is 2.64. The SMILES string of the molecule is Cc1cc(Cl)cc(Cl)c1-c1ccc(C(C)(C)C)o1. The molecule has 1 aromatic heterocycles. The van der Waals surface area contributed by atoms with Crippen LogP contribution in [0.2, 0.25) is 10.0 Å². The Balaban J connectivity index is 2.53. The fraction of sp³-hybridized carbons (Fsp3) is 0.333. The highest BCUT2D eigenvalue weighted by atomic mass is 35.5. The smallest absolute Gasteiger partial charge is 0.136 e. The van der Waals surface area contributed by atoms with Crippen LogP contribution in [0.1, 0.15) is 32.1 Å². The van der Waals surface area contributed by atoms with Crippen LogP contribution in [0.25, 0.3) is 11.3 Å². The van der Waals surface area contributed by atoms with Gasteiger partial charge in [-0.1, -0.05) is 44.0 Å². The molecular weight excluding hydrogens is 267 g/mol. The van der Waals surface area contributed by atoms with Gasteiger partial charge >= 0.3 is 0 Å². The van der Waals surface area contributed by atoms with Crippen molar-refractivity contribution >= 4 is 23.2 Å². The van der Waals surface area contributed by atoms with Crippen molar-refractivity contribution in [1.29, 1.82) is 0 Å². The van der Waals surface area contributed by atoms with Crippen molar-refractivity contribution in [2.24, 2.45) is 0 Å². The molecule has 0 radical (unpaired) electrons. The van der Waals surface area contributed by atoms with Crippen LogP contribution >= 0.6 is 23.2 Å². The van der Waals surface area contributed by atoms with Crippen LogP contribution in [-0.2, 0) is 5.41 Å². The van der Waals surface area contributed by atoms with Gasteiger partial charge < -0.3 is 4.42 Å². The highest BCUT2D eigenvalue weighted by Gasteiger charge is 2.20. The fourth-order valence-electron chi connectivity index (χ4n) is 1.89. The van der Waals surface area contributed by atoms with Gasteiger partial charge in [0.25, 0.3) is 0 Å². The van der Waals surface area contributed by atoms with Gasteiger partial charge in [-0.15, -0.1) is 0 Å². The fourth-order valence-corrected chi connectivity index (χ4v) is 2.58. The minimum Gasteiger partial charge on any atom is -0.460 e. The van der Waals surface area contributed by atoms with Gasteiger partial charge in [0, 0.05) is 16.0 Å². The third-order valence-electron chi connectivity index (χ3n) is 2.84. The topological polar surface area (TPSA) is 13.1 Å². The van der Waals surface area contributed by atoms with Gasteiger partial charge in [0.1, 0.15) is 11.5 Å². The van der Waals surface area contributed by atoms with Crippen LogP contribution in [0.5, 0.6) is 0 Å². The van der Waals surface area contributed by atoms with Crippen LogP contribution < -0.4 is 0 Å². The van der Waals surface area contributed by atoms with E-state index in [2.05, 4.69) is 20.8 Å². The summed E-state index contributed by atoms with van der Waals surface area (Å²) in [7, 11) is 0. The second-order valence-electron chi connectivity index (χ2n) is 5.49. The molecule has 2 rings (SSSR count). The minimum atomic E-state index is -0.00887. The summed E-state index contributed by atoms with van der Waals surface area (Å²) in [6.07, 6.45) is 0. The van der Waals surface area contributed by atoms with Crippen molar-refractivity contribution in [2.45, 2.75) is 33.1 Å². The molecule has 0 aliphatic heterocycles. The van der Waals surface area contributed by atoms with E-state index in [1.807, 2.05) is 25.1 Å². The maximum atomic E-state index is 6.25. The first-order valence-electron chi connectivity index (χ1n) is 5.85. The normalized spacial score (nSPS) is 11.9. The zero-order valence-electron chi connectivity index (χ0n) is 11.0. The van der Waals surface area contributed by atoms with Crippen LogP contribution in [-0.4, -0.2) is 0 Å². The molecule has 0 aliphatic carbocycles. The summed E-state index contributed by atoms with van der Waals surface area (Å²) >= 11 is 12.2. The summed E-state index contributed by atoms with van der Waals surface area (Å²) in [6.45, 7) is 8.33. The van der Waals surface area contributed by atoms with Crippen LogP contribution in [0, 0.1) is 6.92 Å². The van der Waals surface area contributed by atoms with E-state index in [-0.39, 0.29) is 5.41 Å². The summed E-state index contributed by atoms with van der Waals surface area (Å²) in [6, 6.07) is 7.59. The quantitative estimate of drug-likeness (QED) is 0.639. The molecule has 0 saturated carbocycles. The molecule has 1 nitrogen and oxygen atoms in total. The lowest BCUT2D eigenvalue weighted by Gasteiger charge is -2.14. The Morgan fingerprint density at radius 1 is 1.06 bits per heavy atom. The first-order valence-corrected chi connectivity index (χ1v) is 6.61. The number of aryl methyl sites for hydroxylation is 1. The number of halogens is 2. The zero-order valence-corrected chi connectivity index (χ0v) is 12.5. The van der Waals surface area contributed by atoms with Gasteiger partial charge in [-0.05, 0) is 36.8 Å². The Hall–Kier alpha value is -0.920. The van der Waals surface area contributed by atoms with Gasteiger partial charge in [-0.3, -0.25) is 0 Å². The third kappa shape index (κ3) is 2.57. The molecule has 3 heteroatoms. The third-order valence-corrected chi connectivity index (χ3v) is 3.36. The number of benzene rings is 1. The summed E-state index contributed by atoms with van der Waals surface area (Å²) in [5.41, 5.74) is 1.92. The monoisotopic (exact) mass is 282 g/mol. The lowest BCUT2D eigenvalue weighted by atomic mass is 9.94. The van der Waals surface area contributed by atoms with Crippen molar-refractivity contribution in [1.82, 2.24) is 0 Å². The van der Waals surface area contributed by atoms with Gasteiger partial charge in [-0.2, -0.15) is 0 Å². The molecule has 0 N–H and O–H groups in total. The van der Waals surface area contributed by atoms with E-state index in [4.69, 9.17) is 27.6 Å². The molecule has 1 heterocycles. The summed E-state index contributed by atoms with van der Waals surface area (Å²) < 4.78 is 5.91. The van der Waals surface area contributed by atoms with E-state index in [9.17, 15) is 0 Å². The lowest BCUT2D eigenvalue weighted by Crippen LogP contribution is -2.08. The van der Waals surface area contributed by atoms with E-state index >= 15 is 0 Å². The summed E-state index contributed by atoms with van der Waals surface area (Å²) in [4.78, 5) is 0. The predicted molar refractivity (Wildman–Crippen MR) is 77.6 cm³/mol. The molecule has 96 valence electrons. The largest absolute Gasteiger partial charge is 0.460 e. The molecule has 0 atom stereocenters. The molecule has 0 unspecified atom stereocenters. The van der Waals surface area contributed by atoms with E-state index < -0.39 is 0 Å².